The molecule has 22 heavy (non-hydrogen) atoms. The third-order valence-corrected chi connectivity index (χ3v) is 5.01. The van der Waals surface area contributed by atoms with Gasteiger partial charge in [-0.1, -0.05) is 12.3 Å². The van der Waals surface area contributed by atoms with E-state index in [9.17, 15) is 13.2 Å². The smallest absolute Gasteiger partial charge is 0.338 e. The maximum absolute atomic E-state index is 12.0. The molecule has 0 saturated heterocycles. The van der Waals surface area contributed by atoms with Crippen LogP contribution in [0.2, 0.25) is 0 Å². The van der Waals surface area contributed by atoms with Crippen molar-refractivity contribution in [1.29, 1.82) is 0 Å². The van der Waals surface area contributed by atoms with Crippen molar-refractivity contribution in [3.63, 3.8) is 0 Å². The Bertz CT molecular complexity index is 652. The summed E-state index contributed by atoms with van der Waals surface area (Å²) in [7, 11) is -3.64. The maximum atomic E-state index is 12.0. The van der Waals surface area contributed by atoms with E-state index in [1.807, 2.05) is 0 Å². The van der Waals surface area contributed by atoms with E-state index in [-0.39, 0.29) is 17.5 Å². The molecular formula is C16H19NO4S. The molecule has 6 heteroatoms. The van der Waals surface area contributed by atoms with E-state index in [0.29, 0.717) is 5.56 Å². The van der Waals surface area contributed by atoms with Gasteiger partial charge in [-0.3, -0.25) is 0 Å². The van der Waals surface area contributed by atoms with Gasteiger partial charge in [0.05, 0.1) is 17.0 Å². The fourth-order valence-electron chi connectivity index (χ4n) is 2.39. The number of carbonyl (C=O) groups excluding carboxylic acids is 1. The minimum absolute atomic E-state index is 0.0260. The lowest BCUT2D eigenvalue weighted by Gasteiger charge is -2.21. The summed E-state index contributed by atoms with van der Waals surface area (Å²) >= 11 is 0. The highest BCUT2D eigenvalue weighted by molar-refractivity contribution is 7.89. The van der Waals surface area contributed by atoms with Crippen LogP contribution in [0.3, 0.4) is 0 Å². The molecule has 0 bridgehead atoms. The van der Waals surface area contributed by atoms with Crippen LogP contribution in [0.5, 0.6) is 0 Å². The van der Waals surface area contributed by atoms with Gasteiger partial charge in [0.25, 0.3) is 0 Å². The van der Waals surface area contributed by atoms with E-state index < -0.39 is 16.0 Å². The SMILES string of the molecule is C#CCNS(=O)(=O)c1ccc(C(=O)OC2CCCCC2)cc1. The van der Waals surface area contributed by atoms with E-state index in [4.69, 9.17) is 11.2 Å². The van der Waals surface area contributed by atoms with Gasteiger partial charge in [0, 0.05) is 0 Å². The van der Waals surface area contributed by atoms with Crippen LogP contribution in [0, 0.1) is 12.3 Å². The molecule has 2 rings (SSSR count). The van der Waals surface area contributed by atoms with Gasteiger partial charge in [0.15, 0.2) is 0 Å². The van der Waals surface area contributed by atoms with E-state index in [1.54, 1.807) is 0 Å². The van der Waals surface area contributed by atoms with E-state index in [2.05, 4.69) is 10.6 Å². The van der Waals surface area contributed by atoms with Gasteiger partial charge in [0.2, 0.25) is 10.0 Å². The first kappa shape index (κ1) is 16.5. The van der Waals surface area contributed by atoms with Crippen molar-refractivity contribution in [2.24, 2.45) is 0 Å². The van der Waals surface area contributed by atoms with Gasteiger partial charge in [0.1, 0.15) is 6.10 Å². The van der Waals surface area contributed by atoms with Crippen molar-refractivity contribution in [1.82, 2.24) is 4.72 Å². The number of carbonyl (C=O) groups is 1. The van der Waals surface area contributed by atoms with Crippen LogP contribution in [0.4, 0.5) is 0 Å². The van der Waals surface area contributed by atoms with Crippen LogP contribution >= 0.6 is 0 Å². The van der Waals surface area contributed by atoms with Crippen molar-refractivity contribution in [3.05, 3.63) is 29.8 Å². The highest BCUT2D eigenvalue weighted by Crippen LogP contribution is 2.21. The zero-order valence-corrected chi connectivity index (χ0v) is 13.1. The topological polar surface area (TPSA) is 72.5 Å². The molecule has 1 aromatic rings. The molecule has 1 aliphatic carbocycles. The van der Waals surface area contributed by atoms with Gasteiger partial charge in [-0.2, -0.15) is 4.72 Å². The van der Waals surface area contributed by atoms with Crippen LogP contribution in [-0.4, -0.2) is 27.0 Å². The summed E-state index contributed by atoms with van der Waals surface area (Å²) in [6, 6.07) is 5.65. The first-order valence-electron chi connectivity index (χ1n) is 7.27. The van der Waals surface area contributed by atoms with Crippen LogP contribution < -0.4 is 4.72 Å². The Hall–Kier alpha value is -1.84. The second-order valence-electron chi connectivity index (χ2n) is 5.22. The Morgan fingerprint density at radius 1 is 1.23 bits per heavy atom. The number of sulfonamides is 1. The highest BCUT2D eigenvalue weighted by atomic mass is 32.2. The second-order valence-corrected chi connectivity index (χ2v) is 6.99. The molecular weight excluding hydrogens is 302 g/mol. The summed E-state index contributed by atoms with van der Waals surface area (Å²) in [6.07, 6.45) is 10.1. The first-order valence-corrected chi connectivity index (χ1v) is 8.75. The van der Waals surface area contributed by atoms with Crippen molar-refractivity contribution in [2.45, 2.75) is 43.1 Å². The summed E-state index contributed by atoms with van der Waals surface area (Å²) in [4.78, 5) is 12.1. The minimum Gasteiger partial charge on any atom is -0.459 e. The third kappa shape index (κ3) is 4.33. The molecule has 1 N–H and O–H groups in total. The number of ether oxygens (including phenoxy) is 1. The average Bonchev–Trinajstić information content (AvgIpc) is 2.54. The van der Waals surface area contributed by atoms with Crippen molar-refractivity contribution in [3.8, 4) is 12.3 Å². The zero-order valence-electron chi connectivity index (χ0n) is 12.2. The highest BCUT2D eigenvalue weighted by Gasteiger charge is 2.19. The molecule has 5 nitrogen and oxygen atoms in total. The Morgan fingerprint density at radius 2 is 1.86 bits per heavy atom. The average molecular weight is 321 g/mol. The zero-order chi connectivity index (χ0) is 16.0. The molecule has 1 aromatic carbocycles. The van der Waals surface area contributed by atoms with Gasteiger partial charge in [-0.15, -0.1) is 6.42 Å². The molecule has 0 heterocycles. The Balaban J connectivity index is 2.02. The van der Waals surface area contributed by atoms with E-state index in [0.717, 1.165) is 25.7 Å². The van der Waals surface area contributed by atoms with Crippen molar-refractivity contribution < 1.29 is 17.9 Å². The Kier molecular flexibility index (Phi) is 5.58. The number of esters is 1. The fraction of sp³-hybridized carbons (Fsp3) is 0.438. The number of hydrogen-bond acceptors (Lipinski definition) is 4. The quantitative estimate of drug-likeness (QED) is 0.666. The lowest BCUT2D eigenvalue weighted by atomic mass is 9.98. The predicted octanol–water partition coefficient (Wildman–Crippen LogP) is 2.09. The largest absolute Gasteiger partial charge is 0.459 e. The number of terminal acetylenes is 1. The molecule has 0 unspecified atom stereocenters. The predicted molar refractivity (Wildman–Crippen MR) is 82.8 cm³/mol. The first-order chi connectivity index (χ1) is 10.5. The van der Waals surface area contributed by atoms with Crippen molar-refractivity contribution in [2.75, 3.05) is 6.54 Å². The van der Waals surface area contributed by atoms with E-state index >= 15 is 0 Å². The van der Waals surface area contributed by atoms with Crippen LogP contribution in [0.15, 0.2) is 29.2 Å². The number of hydrogen-bond donors (Lipinski definition) is 1. The Labute approximate surface area is 131 Å². The summed E-state index contributed by atoms with van der Waals surface area (Å²) in [6.45, 7) is -0.0756. The monoisotopic (exact) mass is 321 g/mol. The molecule has 118 valence electrons. The lowest BCUT2D eigenvalue weighted by molar-refractivity contribution is 0.0211. The normalized spacial score (nSPS) is 16.0. The summed E-state index contributed by atoms with van der Waals surface area (Å²) in [5, 5.41) is 0. The molecule has 0 spiro atoms. The maximum Gasteiger partial charge on any atom is 0.338 e. The summed E-state index contributed by atoms with van der Waals surface area (Å²) in [5.41, 5.74) is 0.349. The standard InChI is InChI=1S/C16H19NO4S/c1-2-12-17-22(19,20)15-10-8-13(9-11-15)16(18)21-14-6-4-3-5-7-14/h1,8-11,14,17H,3-7,12H2. The van der Waals surface area contributed by atoms with Crippen LogP contribution in [0.1, 0.15) is 42.5 Å². The number of nitrogens with one attached hydrogen (secondary N) is 1. The minimum atomic E-state index is -3.64. The van der Waals surface area contributed by atoms with Gasteiger partial charge >= 0.3 is 5.97 Å². The number of rotatable bonds is 5. The summed E-state index contributed by atoms with van der Waals surface area (Å²) in [5.74, 6) is 1.79. The molecule has 0 aromatic heterocycles. The van der Waals surface area contributed by atoms with E-state index in [1.165, 1.54) is 30.7 Å². The molecule has 0 amide bonds. The molecule has 1 fully saturated rings. The number of benzene rings is 1. The molecule has 1 saturated carbocycles. The molecule has 0 atom stereocenters. The van der Waals surface area contributed by atoms with Crippen LogP contribution in [-0.2, 0) is 14.8 Å². The second kappa shape index (κ2) is 7.43. The molecule has 0 radical (unpaired) electrons. The van der Waals surface area contributed by atoms with Crippen molar-refractivity contribution >= 4 is 16.0 Å². The van der Waals surface area contributed by atoms with Gasteiger partial charge < -0.3 is 4.74 Å². The third-order valence-electron chi connectivity index (χ3n) is 3.59. The Morgan fingerprint density at radius 3 is 2.45 bits per heavy atom. The lowest BCUT2D eigenvalue weighted by Crippen LogP contribution is -2.24. The molecule has 0 aliphatic heterocycles. The van der Waals surface area contributed by atoms with Gasteiger partial charge in [-0.05, 0) is 49.9 Å². The molecule has 1 aliphatic rings. The fourth-order valence-corrected chi connectivity index (χ4v) is 3.33. The van der Waals surface area contributed by atoms with Crippen LogP contribution in [0.25, 0.3) is 0 Å². The summed E-state index contributed by atoms with van der Waals surface area (Å²) < 4.78 is 31.4. The van der Waals surface area contributed by atoms with Gasteiger partial charge in [-0.25, -0.2) is 13.2 Å².